The number of methoxy groups -OCH3 is 1. The lowest BCUT2D eigenvalue weighted by atomic mass is 10.2. The average molecular weight is 278 g/mol. The molecule has 112 valence electrons. The lowest BCUT2D eigenvalue weighted by molar-refractivity contribution is -0.140. The van der Waals surface area contributed by atoms with Crippen LogP contribution >= 0.6 is 0 Å². The number of rotatable bonds is 9. The van der Waals surface area contributed by atoms with Crippen LogP contribution in [-0.2, 0) is 16.1 Å². The minimum Gasteiger partial charge on any atom is -0.469 e. The number of carbonyl (C=O) groups excluding carboxylic acids is 1. The molecular weight excluding hydrogens is 252 g/mol. The van der Waals surface area contributed by atoms with Crippen LogP contribution in [0.1, 0.15) is 31.2 Å². The van der Waals surface area contributed by atoms with Gasteiger partial charge in [-0.2, -0.15) is 0 Å². The van der Waals surface area contributed by atoms with Gasteiger partial charge in [-0.05, 0) is 44.6 Å². The van der Waals surface area contributed by atoms with E-state index in [0.29, 0.717) is 6.42 Å². The highest BCUT2D eigenvalue weighted by Gasteiger charge is 1.99. The summed E-state index contributed by atoms with van der Waals surface area (Å²) in [4.78, 5) is 13.1. The van der Waals surface area contributed by atoms with Crippen LogP contribution in [0.4, 0.5) is 5.69 Å². The highest BCUT2D eigenvalue weighted by atomic mass is 16.5. The molecule has 0 unspecified atom stereocenters. The molecule has 0 fully saturated rings. The first kappa shape index (κ1) is 16.5. The number of nitrogens with zero attached hydrogens (tertiary/aromatic N) is 1. The Morgan fingerprint density at radius 3 is 2.45 bits per heavy atom. The number of esters is 1. The third-order valence-electron chi connectivity index (χ3n) is 3.07. The van der Waals surface area contributed by atoms with Gasteiger partial charge in [-0.15, -0.1) is 0 Å². The van der Waals surface area contributed by atoms with Gasteiger partial charge in [-0.3, -0.25) is 4.79 Å². The van der Waals surface area contributed by atoms with E-state index >= 15 is 0 Å². The van der Waals surface area contributed by atoms with Gasteiger partial charge in [-0.1, -0.05) is 18.6 Å². The molecule has 0 radical (unpaired) electrons. The molecule has 1 rings (SSSR count). The predicted octanol–water partition coefficient (Wildman–Crippen LogP) is 2.89. The van der Waals surface area contributed by atoms with E-state index in [1.54, 1.807) is 0 Å². The predicted molar refractivity (Wildman–Crippen MR) is 82.8 cm³/mol. The fourth-order valence-corrected chi connectivity index (χ4v) is 2.00. The average Bonchev–Trinajstić information content (AvgIpc) is 2.43. The van der Waals surface area contributed by atoms with Crippen molar-refractivity contribution in [3.63, 3.8) is 0 Å². The minimum absolute atomic E-state index is 0.116. The smallest absolute Gasteiger partial charge is 0.305 e. The van der Waals surface area contributed by atoms with Crippen LogP contribution in [0.25, 0.3) is 0 Å². The number of ether oxygens (including phenoxy) is 1. The lowest BCUT2D eigenvalue weighted by Crippen LogP contribution is -2.10. The first-order valence-corrected chi connectivity index (χ1v) is 7.16. The maximum absolute atomic E-state index is 10.9. The van der Waals surface area contributed by atoms with Gasteiger partial charge in [0.05, 0.1) is 7.11 Å². The van der Waals surface area contributed by atoms with Crippen molar-refractivity contribution in [3.8, 4) is 0 Å². The topological polar surface area (TPSA) is 41.6 Å². The number of unbranched alkanes of at least 4 members (excludes halogenated alkanes) is 2. The second-order valence-electron chi connectivity index (χ2n) is 5.25. The summed E-state index contributed by atoms with van der Waals surface area (Å²) < 4.78 is 4.61. The van der Waals surface area contributed by atoms with Crippen molar-refractivity contribution < 1.29 is 9.53 Å². The Kier molecular flexibility index (Phi) is 7.73. The molecule has 1 N–H and O–H groups in total. The van der Waals surface area contributed by atoms with Crippen LogP contribution < -0.4 is 5.32 Å². The second kappa shape index (κ2) is 9.37. The van der Waals surface area contributed by atoms with E-state index in [-0.39, 0.29) is 5.97 Å². The fourth-order valence-electron chi connectivity index (χ4n) is 2.00. The van der Waals surface area contributed by atoms with Gasteiger partial charge in [0.2, 0.25) is 0 Å². The first-order chi connectivity index (χ1) is 9.61. The van der Waals surface area contributed by atoms with Gasteiger partial charge < -0.3 is 15.0 Å². The van der Waals surface area contributed by atoms with E-state index in [0.717, 1.165) is 38.0 Å². The zero-order chi connectivity index (χ0) is 14.8. The minimum atomic E-state index is -0.116. The van der Waals surface area contributed by atoms with Crippen molar-refractivity contribution in [2.75, 3.05) is 33.1 Å². The third kappa shape index (κ3) is 7.14. The largest absolute Gasteiger partial charge is 0.469 e. The molecule has 0 atom stereocenters. The molecule has 0 heterocycles. The number of nitrogens with one attached hydrogen (secondary N) is 1. The molecule has 0 aromatic heterocycles. The molecule has 0 aliphatic heterocycles. The van der Waals surface area contributed by atoms with Crippen LogP contribution in [-0.4, -0.2) is 38.6 Å². The Bertz CT molecular complexity index is 388. The summed E-state index contributed by atoms with van der Waals surface area (Å²) >= 11 is 0. The molecule has 0 spiro atoms. The van der Waals surface area contributed by atoms with Gasteiger partial charge in [-0.25, -0.2) is 0 Å². The number of benzene rings is 1. The highest BCUT2D eigenvalue weighted by Crippen LogP contribution is 2.11. The fraction of sp³-hybridized carbons (Fsp3) is 0.562. The molecule has 0 saturated heterocycles. The summed E-state index contributed by atoms with van der Waals surface area (Å²) in [7, 11) is 5.57. The van der Waals surface area contributed by atoms with Gasteiger partial charge in [0, 0.05) is 25.2 Å². The van der Waals surface area contributed by atoms with Gasteiger partial charge in [0.1, 0.15) is 0 Å². The monoisotopic (exact) mass is 278 g/mol. The van der Waals surface area contributed by atoms with Crippen molar-refractivity contribution in [3.05, 3.63) is 29.8 Å². The quantitative estimate of drug-likeness (QED) is 0.557. The Balaban J connectivity index is 2.14. The summed E-state index contributed by atoms with van der Waals surface area (Å²) in [5, 5.41) is 3.40. The van der Waals surface area contributed by atoms with Crippen LogP contribution in [0.15, 0.2) is 24.3 Å². The molecule has 0 saturated carbocycles. The zero-order valence-corrected chi connectivity index (χ0v) is 12.8. The number of carbonyl (C=O) groups is 1. The van der Waals surface area contributed by atoms with Crippen molar-refractivity contribution >= 4 is 11.7 Å². The Morgan fingerprint density at radius 2 is 1.85 bits per heavy atom. The van der Waals surface area contributed by atoms with E-state index in [4.69, 9.17) is 0 Å². The van der Waals surface area contributed by atoms with Crippen molar-refractivity contribution in [1.82, 2.24) is 4.90 Å². The molecule has 20 heavy (non-hydrogen) atoms. The van der Waals surface area contributed by atoms with Crippen molar-refractivity contribution in [2.24, 2.45) is 0 Å². The van der Waals surface area contributed by atoms with E-state index < -0.39 is 0 Å². The molecule has 1 aromatic rings. The number of hydrogen-bond acceptors (Lipinski definition) is 4. The Morgan fingerprint density at radius 1 is 1.15 bits per heavy atom. The summed E-state index contributed by atoms with van der Waals surface area (Å²) in [6, 6.07) is 8.54. The molecule has 0 bridgehead atoms. The Labute approximate surface area is 122 Å². The molecule has 1 aromatic carbocycles. The molecule has 4 nitrogen and oxygen atoms in total. The highest BCUT2D eigenvalue weighted by molar-refractivity contribution is 5.68. The summed E-state index contributed by atoms with van der Waals surface area (Å²) in [5.74, 6) is -0.116. The second-order valence-corrected chi connectivity index (χ2v) is 5.25. The summed E-state index contributed by atoms with van der Waals surface area (Å²) in [6.45, 7) is 1.90. The summed E-state index contributed by atoms with van der Waals surface area (Å²) in [6.07, 6.45) is 3.53. The molecule has 4 heteroatoms. The molecule has 0 aliphatic carbocycles. The summed E-state index contributed by atoms with van der Waals surface area (Å²) in [5.41, 5.74) is 2.47. The number of anilines is 1. The zero-order valence-electron chi connectivity index (χ0n) is 12.8. The Hall–Kier alpha value is -1.55. The number of hydrogen-bond donors (Lipinski definition) is 1. The SMILES string of the molecule is COC(=O)CCCCCNc1ccc(CN(C)C)cc1. The van der Waals surface area contributed by atoms with Crippen LogP contribution in [0, 0.1) is 0 Å². The van der Waals surface area contributed by atoms with Crippen LogP contribution in [0.2, 0.25) is 0 Å². The maximum Gasteiger partial charge on any atom is 0.305 e. The van der Waals surface area contributed by atoms with E-state index in [1.807, 2.05) is 0 Å². The van der Waals surface area contributed by atoms with Gasteiger partial charge in [0.15, 0.2) is 0 Å². The first-order valence-electron chi connectivity index (χ1n) is 7.16. The van der Waals surface area contributed by atoms with Crippen molar-refractivity contribution in [2.45, 2.75) is 32.2 Å². The van der Waals surface area contributed by atoms with Crippen LogP contribution in [0.5, 0.6) is 0 Å². The lowest BCUT2D eigenvalue weighted by Gasteiger charge is -2.11. The standard InChI is InChI=1S/C16H26N2O2/c1-18(2)13-14-8-10-15(11-9-14)17-12-6-4-5-7-16(19)20-3/h8-11,17H,4-7,12-13H2,1-3H3. The molecular formula is C16H26N2O2. The maximum atomic E-state index is 10.9. The van der Waals surface area contributed by atoms with Gasteiger partial charge >= 0.3 is 5.97 Å². The molecule has 0 aliphatic rings. The van der Waals surface area contributed by atoms with E-state index in [1.165, 1.54) is 12.7 Å². The normalized spacial score (nSPS) is 10.6. The van der Waals surface area contributed by atoms with Gasteiger partial charge in [0.25, 0.3) is 0 Å². The van der Waals surface area contributed by atoms with Crippen LogP contribution in [0.3, 0.4) is 0 Å². The third-order valence-corrected chi connectivity index (χ3v) is 3.07. The molecule has 0 amide bonds. The van der Waals surface area contributed by atoms with E-state index in [9.17, 15) is 4.79 Å². The van der Waals surface area contributed by atoms with Crippen molar-refractivity contribution in [1.29, 1.82) is 0 Å². The van der Waals surface area contributed by atoms with E-state index in [2.05, 4.69) is 53.3 Å².